The van der Waals surface area contributed by atoms with E-state index >= 15 is 0 Å². The lowest BCUT2D eigenvalue weighted by molar-refractivity contribution is 1.07. The van der Waals surface area contributed by atoms with Crippen LogP contribution in [0.1, 0.15) is 16.8 Å². The quantitative estimate of drug-likeness (QED) is 0.915. The lowest BCUT2D eigenvalue weighted by atomic mass is 10.1. The number of aromatic nitrogens is 2. The van der Waals surface area contributed by atoms with Crippen molar-refractivity contribution in [1.82, 2.24) is 9.97 Å². The van der Waals surface area contributed by atoms with Crippen LogP contribution in [0.4, 0.5) is 5.82 Å². The molecule has 0 fully saturated rings. The molecule has 1 N–H and O–H groups in total. The average molecular weight is 306 g/mol. The fourth-order valence-electron chi connectivity index (χ4n) is 1.79. The minimum Gasteiger partial charge on any atom is -0.373 e. The number of aryl methyl sites for hydroxylation is 2. The van der Waals surface area contributed by atoms with Crippen LogP contribution in [0.5, 0.6) is 0 Å². The van der Waals surface area contributed by atoms with Crippen LogP contribution in [0.3, 0.4) is 0 Å². The molecule has 1 aromatic heterocycles. The predicted octanol–water partition coefficient (Wildman–Crippen LogP) is 3.87. The number of nitrogens with one attached hydrogen (secondary N) is 1. The minimum atomic E-state index is 0.745. The molecule has 0 spiro atoms. The van der Waals surface area contributed by atoms with Crippen molar-refractivity contribution in [3.05, 3.63) is 39.5 Å². The van der Waals surface area contributed by atoms with Crippen molar-refractivity contribution < 1.29 is 0 Å². The molecule has 0 unspecified atom stereocenters. The Morgan fingerprint density at radius 2 is 1.83 bits per heavy atom. The zero-order valence-electron chi connectivity index (χ0n) is 11.0. The zero-order valence-corrected chi connectivity index (χ0v) is 12.6. The first-order chi connectivity index (χ1) is 8.52. The van der Waals surface area contributed by atoms with Crippen LogP contribution in [0.15, 0.2) is 22.7 Å². The Balaban J connectivity index is 2.60. The van der Waals surface area contributed by atoms with Gasteiger partial charge in [0.15, 0.2) is 5.82 Å². The van der Waals surface area contributed by atoms with Crippen molar-refractivity contribution in [3.8, 4) is 11.4 Å². The van der Waals surface area contributed by atoms with Gasteiger partial charge in [0.25, 0.3) is 0 Å². The third-order valence-electron chi connectivity index (χ3n) is 2.99. The molecule has 0 aliphatic carbocycles. The molecule has 0 bridgehead atoms. The van der Waals surface area contributed by atoms with Gasteiger partial charge in [0, 0.05) is 28.3 Å². The molecule has 4 heteroatoms. The van der Waals surface area contributed by atoms with Gasteiger partial charge in [-0.3, -0.25) is 0 Å². The Morgan fingerprint density at radius 3 is 2.44 bits per heavy atom. The summed E-state index contributed by atoms with van der Waals surface area (Å²) >= 11 is 3.57. The van der Waals surface area contributed by atoms with Gasteiger partial charge < -0.3 is 5.32 Å². The molecule has 1 aromatic carbocycles. The van der Waals surface area contributed by atoms with Crippen LogP contribution >= 0.6 is 15.9 Å². The molecule has 0 aliphatic heterocycles. The predicted molar refractivity (Wildman–Crippen MR) is 78.9 cm³/mol. The number of rotatable bonds is 2. The van der Waals surface area contributed by atoms with Crippen LogP contribution in [0.25, 0.3) is 11.4 Å². The van der Waals surface area contributed by atoms with Crippen molar-refractivity contribution in [2.24, 2.45) is 0 Å². The normalized spacial score (nSPS) is 10.5. The second kappa shape index (κ2) is 5.06. The monoisotopic (exact) mass is 305 g/mol. The largest absolute Gasteiger partial charge is 0.373 e. The molecule has 3 nitrogen and oxygen atoms in total. The third-order valence-corrected chi connectivity index (χ3v) is 3.65. The van der Waals surface area contributed by atoms with E-state index in [2.05, 4.69) is 50.3 Å². The second-order valence-electron chi connectivity index (χ2n) is 4.34. The van der Waals surface area contributed by atoms with Crippen molar-refractivity contribution in [1.29, 1.82) is 0 Å². The molecule has 2 rings (SSSR count). The minimum absolute atomic E-state index is 0.745. The van der Waals surface area contributed by atoms with Gasteiger partial charge >= 0.3 is 0 Å². The van der Waals surface area contributed by atoms with Crippen LogP contribution in [0, 0.1) is 20.8 Å². The first kappa shape index (κ1) is 13.0. The summed E-state index contributed by atoms with van der Waals surface area (Å²) < 4.78 is 1.02. The Kier molecular flexibility index (Phi) is 3.66. The average Bonchev–Trinajstić information content (AvgIpc) is 2.32. The van der Waals surface area contributed by atoms with Gasteiger partial charge in [0.05, 0.1) is 0 Å². The molecule has 1 heterocycles. The highest BCUT2D eigenvalue weighted by Gasteiger charge is 2.11. The van der Waals surface area contributed by atoms with Crippen LogP contribution < -0.4 is 5.32 Å². The highest BCUT2D eigenvalue weighted by Crippen LogP contribution is 2.28. The van der Waals surface area contributed by atoms with E-state index in [1.165, 1.54) is 5.56 Å². The number of nitrogens with zero attached hydrogens (tertiary/aromatic N) is 2. The molecular formula is C14H16BrN3. The summed E-state index contributed by atoms with van der Waals surface area (Å²) in [7, 11) is 1.88. The van der Waals surface area contributed by atoms with Gasteiger partial charge in [-0.2, -0.15) is 0 Å². The maximum absolute atomic E-state index is 4.56. The molecule has 0 saturated carbocycles. The molecule has 2 aromatic rings. The number of anilines is 1. The summed E-state index contributed by atoms with van der Waals surface area (Å²) in [5.74, 6) is 1.62. The number of hydrogen-bond acceptors (Lipinski definition) is 3. The lowest BCUT2D eigenvalue weighted by Crippen LogP contribution is -2.03. The third kappa shape index (κ3) is 2.38. The van der Waals surface area contributed by atoms with E-state index in [1.807, 2.05) is 27.0 Å². The van der Waals surface area contributed by atoms with Crippen LogP contribution in [0.2, 0.25) is 0 Å². The summed E-state index contributed by atoms with van der Waals surface area (Å²) in [4.78, 5) is 9.12. The number of hydrogen-bond donors (Lipinski definition) is 1. The fraction of sp³-hybridized carbons (Fsp3) is 0.286. The molecular weight excluding hydrogens is 290 g/mol. The standard InChI is InChI=1S/C14H16BrN3/c1-8-5-6-11(12(15)7-8)14-17-10(3)9(2)13(16-4)18-14/h5-7H,1-4H3,(H,16,17,18). The summed E-state index contributed by atoms with van der Waals surface area (Å²) in [6.07, 6.45) is 0. The second-order valence-corrected chi connectivity index (χ2v) is 5.19. The van der Waals surface area contributed by atoms with E-state index in [0.717, 1.165) is 32.9 Å². The van der Waals surface area contributed by atoms with Gasteiger partial charge in [-0.15, -0.1) is 0 Å². The molecule has 0 saturated heterocycles. The van der Waals surface area contributed by atoms with Crippen LogP contribution in [-0.2, 0) is 0 Å². The Bertz CT molecular complexity index is 594. The van der Waals surface area contributed by atoms with Crippen molar-refractivity contribution in [2.75, 3.05) is 12.4 Å². The summed E-state index contributed by atoms with van der Waals surface area (Å²) in [6.45, 7) is 6.09. The van der Waals surface area contributed by atoms with Gasteiger partial charge in [0.1, 0.15) is 5.82 Å². The Labute approximate surface area is 116 Å². The van der Waals surface area contributed by atoms with E-state index in [0.29, 0.717) is 0 Å². The first-order valence-electron chi connectivity index (χ1n) is 5.82. The SMILES string of the molecule is CNc1nc(-c2ccc(C)cc2Br)nc(C)c1C. The molecule has 18 heavy (non-hydrogen) atoms. The van der Waals surface area contributed by atoms with Gasteiger partial charge in [-0.05, 0) is 38.5 Å². The number of halogens is 1. The summed E-state index contributed by atoms with van der Waals surface area (Å²) in [5, 5.41) is 3.11. The zero-order chi connectivity index (χ0) is 13.3. The van der Waals surface area contributed by atoms with E-state index in [4.69, 9.17) is 0 Å². The molecule has 0 aliphatic rings. The Hall–Kier alpha value is -1.42. The highest BCUT2D eigenvalue weighted by atomic mass is 79.9. The first-order valence-corrected chi connectivity index (χ1v) is 6.61. The summed E-state index contributed by atoms with van der Waals surface area (Å²) in [5.41, 5.74) is 4.31. The van der Waals surface area contributed by atoms with E-state index in [9.17, 15) is 0 Å². The van der Waals surface area contributed by atoms with E-state index in [1.54, 1.807) is 0 Å². The van der Waals surface area contributed by atoms with Gasteiger partial charge in [0.2, 0.25) is 0 Å². The smallest absolute Gasteiger partial charge is 0.162 e. The van der Waals surface area contributed by atoms with Crippen LogP contribution in [-0.4, -0.2) is 17.0 Å². The highest BCUT2D eigenvalue weighted by molar-refractivity contribution is 9.10. The molecule has 0 atom stereocenters. The number of benzene rings is 1. The summed E-state index contributed by atoms with van der Waals surface area (Å²) in [6, 6.07) is 6.19. The van der Waals surface area contributed by atoms with E-state index in [-0.39, 0.29) is 0 Å². The topological polar surface area (TPSA) is 37.8 Å². The molecule has 94 valence electrons. The van der Waals surface area contributed by atoms with Crippen molar-refractivity contribution >= 4 is 21.7 Å². The maximum Gasteiger partial charge on any atom is 0.162 e. The molecule has 0 radical (unpaired) electrons. The Morgan fingerprint density at radius 1 is 1.11 bits per heavy atom. The molecule has 0 amide bonds. The fourth-order valence-corrected chi connectivity index (χ4v) is 2.46. The lowest BCUT2D eigenvalue weighted by Gasteiger charge is -2.11. The van der Waals surface area contributed by atoms with E-state index < -0.39 is 0 Å². The maximum atomic E-state index is 4.56. The van der Waals surface area contributed by atoms with Crippen molar-refractivity contribution in [2.45, 2.75) is 20.8 Å². The van der Waals surface area contributed by atoms with Gasteiger partial charge in [-0.1, -0.05) is 22.0 Å². The van der Waals surface area contributed by atoms with Crippen molar-refractivity contribution in [3.63, 3.8) is 0 Å². The van der Waals surface area contributed by atoms with Gasteiger partial charge in [-0.25, -0.2) is 9.97 Å².